The molecule has 100 valence electrons. The topological polar surface area (TPSA) is 45.4 Å². The van der Waals surface area contributed by atoms with Crippen molar-refractivity contribution in [3.63, 3.8) is 0 Å². The Morgan fingerprint density at radius 2 is 2.33 bits per heavy atom. The van der Waals surface area contributed by atoms with E-state index in [0.29, 0.717) is 6.04 Å². The third-order valence-electron chi connectivity index (χ3n) is 3.54. The lowest BCUT2D eigenvalue weighted by Gasteiger charge is -2.28. The molecule has 2 N–H and O–H groups in total. The quantitative estimate of drug-likeness (QED) is 0.879. The van der Waals surface area contributed by atoms with E-state index in [-0.39, 0.29) is 6.04 Å². The van der Waals surface area contributed by atoms with Gasteiger partial charge in [0.15, 0.2) is 0 Å². The number of rotatable bonds is 4. The SMILES string of the molecule is C[C@@H](N)c1ccnc(N2CCCC2CN(C)C)c1. The van der Waals surface area contributed by atoms with Crippen molar-refractivity contribution in [2.75, 3.05) is 32.1 Å². The molecule has 2 heterocycles. The van der Waals surface area contributed by atoms with E-state index in [1.54, 1.807) is 0 Å². The van der Waals surface area contributed by atoms with Crippen LogP contribution >= 0.6 is 0 Å². The van der Waals surface area contributed by atoms with Crippen LogP contribution in [0.2, 0.25) is 0 Å². The van der Waals surface area contributed by atoms with Gasteiger partial charge in [-0.1, -0.05) is 0 Å². The lowest BCUT2D eigenvalue weighted by Crippen LogP contribution is -2.38. The number of nitrogens with zero attached hydrogens (tertiary/aromatic N) is 3. The molecule has 1 aliphatic heterocycles. The van der Waals surface area contributed by atoms with Gasteiger partial charge in [-0.25, -0.2) is 4.98 Å². The second-order valence-corrected chi connectivity index (χ2v) is 5.49. The normalized spacial score (nSPS) is 21.6. The molecular weight excluding hydrogens is 224 g/mol. The summed E-state index contributed by atoms with van der Waals surface area (Å²) >= 11 is 0. The minimum atomic E-state index is 0.0710. The molecule has 0 spiro atoms. The first-order valence-electron chi connectivity index (χ1n) is 6.71. The van der Waals surface area contributed by atoms with Gasteiger partial charge in [0.25, 0.3) is 0 Å². The molecule has 1 saturated heterocycles. The van der Waals surface area contributed by atoms with Crippen molar-refractivity contribution in [1.82, 2.24) is 9.88 Å². The van der Waals surface area contributed by atoms with Crippen molar-refractivity contribution < 1.29 is 0 Å². The Morgan fingerprint density at radius 1 is 1.56 bits per heavy atom. The van der Waals surface area contributed by atoms with Gasteiger partial charge in [0.1, 0.15) is 5.82 Å². The van der Waals surface area contributed by atoms with Crippen LogP contribution in [0, 0.1) is 0 Å². The molecule has 4 nitrogen and oxygen atoms in total. The van der Waals surface area contributed by atoms with Crippen LogP contribution in [0.15, 0.2) is 18.3 Å². The van der Waals surface area contributed by atoms with Crippen LogP contribution in [-0.2, 0) is 0 Å². The number of aromatic nitrogens is 1. The highest BCUT2D eigenvalue weighted by Gasteiger charge is 2.26. The minimum absolute atomic E-state index is 0.0710. The molecule has 1 unspecified atom stereocenters. The summed E-state index contributed by atoms with van der Waals surface area (Å²) < 4.78 is 0. The van der Waals surface area contributed by atoms with E-state index in [1.807, 2.05) is 19.2 Å². The van der Waals surface area contributed by atoms with Crippen LogP contribution in [0.5, 0.6) is 0 Å². The molecule has 0 aliphatic carbocycles. The highest BCUT2D eigenvalue weighted by molar-refractivity contribution is 5.44. The van der Waals surface area contributed by atoms with E-state index in [4.69, 9.17) is 5.73 Å². The number of hydrogen-bond acceptors (Lipinski definition) is 4. The summed E-state index contributed by atoms with van der Waals surface area (Å²) in [4.78, 5) is 9.18. The second kappa shape index (κ2) is 5.67. The van der Waals surface area contributed by atoms with Gasteiger partial charge in [-0.05, 0) is 51.6 Å². The highest BCUT2D eigenvalue weighted by Crippen LogP contribution is 2.25. The summed E-state index contributed by atoms with van der Waals surface area (Å²) in [6.07, 6.45) is 4.38. The Hall–Kier alpha value is -1.13. The standard InChI is InChI=1S/C14H24N4/c1-11(15)12-6-7-16-14(9-12)18-8-4-5-13(18)10-17(2)3/h6-7,9,11,13H,4-5,8,10,15H2,1-3H3/t11-,13?/m1/s1. The number of hydrogen-bond donors (Lipinski definition) is 1. The maximum absolute atomic E-state index is 5.94. The third-order valence-corrected chi connectivity index (χ3v) is 3.54. The summed E-state index contributed by atoms with van der Waals surface area (Å²) in [6, 6.07) is 4.79. The fourth-order valence-electron chi connectivity index (χ4n) is 2.62. The molecule has 2 atom stereocenters. The van der Waals surface area contributed by atoms with E-state index < -0.39 is 0 Å². The molecule has 0 aromatic carbocycles. The molecule has 4 heteroatoms. The van der Waals surface area contributed by atoms with Crippen LogP contribution in [-0.4, -0.2) is 43.1 Å². The van der Waals surface area contributed by atoms with Gasteiger partial charge in [0, 0.05) is 31.4 Å². The van der Waals surface area contributed by atoms with E-state index in [1.165, 1.54) is 12.8 Å². The molecule has 2 rings (SSSR count). The molecule has 0 radical (unpaired) electrons. The zero-order valence-corrected chi connectivity index (χ0v) is 11.6. The fourth-order valence-corrected chi connectivity index (χ4v) is 2.62. The molecule has 0 amide bonds. The van der Waals surface area contributed by atoms with Gasteiger partial charge in [-0.15, -0.1) is 0 Å². The molecule has 1 aromatic heterocycles. The second-order valence-electron chi connectivity index (χ2n) is 5.49. The monoisotopic (exact) mass is 248 g/mol. The van der Waals surface area contributed by atoms with Crippen molar-refractivity contribution in [2.45, 2.75) is 31.8 Å². The molecule has 18 heavy (non-hydrogen) atoms. The van der Waals surface area contributed by atoms with Crippen LogP contribution in [0.3, 0.4) is 0 Å². The first-order chi connectivity index (χ1) is 8.58. The molecular formula is C14H24N4. The fraction of sp³-hybridized carbons (Fsp3) is 0.643. The van der Waals surface area contributed by atoms with Crippen LogP contribution in [0.1, 0.15) is 31.4 Å². The Balaban J connectivity index is 2.16. The smallest absolute Gasteiger partial charge is 0.129 e. The van der Waals surface area contributed by atoms with Crippen LogP contribution in [0.25, 0.3) is 0 Å². The zero-order valence-electron chi connectivity index (χ0n) is 11.6. The van der Waals surface area contributed by atoms with Gasteiger partial charge < -0.3 is 15.5 Å². The summed E-state index contributed by atoms with van der Waals surface area (Å²) in [5, 5.41) is 0. The summed E-state index contributed by atoms with van der Waals surface area (Å²) in [7, 11) is 4.25. The average molecular weight is 248 g/mol. The number of pyridine rings is 1. The first kappa shape index (κ1) is 13.3. The highest BCUT2D eigenvalue weighted by atomic mass is 15.3. The molecule has 0 bridgehead atoms. The number of likely N-dealkylation sites (N-methyl/N-ethyl adjacent to an activating group) is 1. The average Bonchev–Trinajstić information content (AvgIpc) is 2.76. The largest absolute Gasteiger partial charge is 0.352 e. The molecule has 0 saturated carbocycles. The zero-order chi connectivity index (χ0) is 13.1. The van der Waals surface area contributed by atoms with E-state index in [0.717, 1.165) is 24.5 Å². The number of nitrogens with two attached hydrogens (primary N) is 1. The minimum Gasteiger partial charge on any atom is -0.352 e. The van der Waals surface area contributed by atoms with Crippen molar-refractivity contribution in [1.29, 1.82) is 0 Å². The van der Waals surface area contributed by atoms with Crippen molar-refractivity contribution in [3.05, 3.63) is 23.9 Å². The Kier molecular flexibility index (Phi) is 4.19. The molecule has 1 fully saturated rings. The van der Waals surface area contributed by atoms with E-state index in [2.05, 4.69) is 34.9 Å². The number of anilines is 1. The Labute approximate surface area is 110 Å². The Morgan fingerprint density at radius 3 is 3.00 bits per heavy atom. The summed E-state index contributed by atoms with van der Waals surface area (Å²) in [5.74, 6) is 1.08. The first-order valence-corrected chi connectivity index (χ1v) is 6.71. The lowest BCUT2D eigenvalue weighted by atomic mass is 10.1. The Bertz CT molecular complexity index is 389. The maximum Gasteiger partial charge on any atom is 0.129 e. The summed E-state index contributed by atoms with van der Waals surface area (Å²) in [5.41, 5.74) is 7.10. The molecule has 1 aliphatic rings. The third kappa shape index (κ3) is 3.00. The van der Waals surface area contributed by atoms with Crippen molar-refractivity contribution >= 4 is 5.82 Å². The molecule has 1 aromatic rings. The van der Waals surface area contributed by atoms with E-state index in [9.17, 15) is 0 Å². The van der Waals surface area contributed by atoms with Crippen LogP contribution in [0.4, 0.5) is 5.82 Å². The maximum atomic E-state index is 5.94. The predicted octanol–water partition coefficient (Wildman–Crippen LogP) is 1.63. The van der Waals surface area contributed by atoms with Crippen molar-refractivity contribution in [3.8, 4) is 0 Å². The van der Waals surface area contributed by atoms with Gasteiger partial charge in [-0.3, -0.25) is 0 Å². The van der Waals surface area contributed by atoms with Crippen LogP contribution < -0.4 is 10.6 Å². The van der Waals surface area contributed by atoms with Gasteiger partial charge in [-0.2, -0.15) is 0 Å². The van der Waals surface area contributed by atoms with Crippen molar-refractivity contribution in [2.24, 2.45) is 5.73 Å². The summed E-state index contributed by atoms with van der Waals surface area (Å²) in [6.45, 7) is 4.21. The van der Waals surface area contributed by atoms with Gasteiger partial charge in [0.05, 0.1) is 0 Å². The van der Waals surface area contributed by atoms with E-state index >= 15 is 0 Å². The van der Waals surface area contributed by atoms with Gasteiger partial charge in [0.2, 0.25) is 0 Å². The van der Waals surface area contributed by atoms with Gasteiger partial charge >= 0.3 is 0 Å². The predicted molar refractivity (Wildman–Crippen MR) is 75.8 cm³/mol. The lowest BCUT2D eigenvalue weighted by molar-refractivity contribution is 0.371.